The van der Waals surface area contributed by atoms with E-state index in [9.17, 15) is 14.7 Å². The van der Waals surface area contributed by atoms with E-state index < -0.39 is 0 Å². The molecule has 1 aromatic rings. The molecule has 0 saturated carbocycles. The fraction of sp³-hybridized carbons (Fsp3) is 0.444. The van der Waals surface area contributed by atoms with Crippen LogP contribution in [0.1, 0.15) is 50.3 Å². The molecule has 1 rings (SSSR count). The highest BCUT2D eigenvalue weighted by molar-refractivity contribution is 6.22. The molecule has 0 saturated heterocycles. The number of benzene rings is 1. The molecule has 0 bridgehead atoms. The molecule has 1 aromatic carbocycles. The fourth-order valence-electron chi connectivity index (χ4n) is 2.58. The van der Waals surface area contributed by atoms with Crippen LogP contribution in [0.2, 0.25) is 0 Å². The number of rotatable bonds is 6. The molecule has 0 heterocycles. The molecule has 0 unspecified atom stereocenters. The van der Waals surface area contributed by atoms with Crippen molar-refractivity contribution >= 4 is 17.3 Å². The van der Waals surface area contributed by atoms with E-state index in [1.807, 2.05) is 27.7 Å². The lowest BCUT2D eigenvalue weighted by Gasteiger charge is -2.15. The van der Waals surface area contributed by atoms with E-state index in [1.54, 1.807) is 19.1 Å². The first-order valence-electron chi connectivity index (χ1n) is 7.44. The van der Waals surface area contributed by atoms with Crippen LogP contribution in [0.25, 0.3) is 5.57 Å². The summed E-state index contributed by atoms with van der Waals surface area (Å²) in [5.74, 6) is -0.251. The van der Waals surface area contributed by atoms with Gasteiger partial charge in [0, 0.05) is 12.0 Å². The van der Waals surface area contributed by atoms with Crippen molar-refractivity contribution in [2.24, 2.45) is 0 Å². The molecule has 0 aliphatic rings. The first-order valence-corrected chi connectivity index (χ1v) is 7.44. The molecule has 0 aliphatic heterocycles. The Bertz CT molecular complexity index is 585. The summed E-state index contributed by atoms with van der Waals surface area (Å²) in [7, 11) is 0. The molecule has 22 heavy (non-hydrogen) atoms. The zero-order valence-electron chi connectivity index (χ0n) is 13.9. The van der Waals surface area contributed by atoms with E-state index >= 15 is 0 Å². The van der Waals surface area contributed by atoms with Crippen molar-refractivity contribution in [1.29, 1.82) is 0 Å². The molecular formula is C18H24O4. The summed E-state index contributed by atoms with van der Waals surface area (Å²) in [6.07, 6.45) is 0.207. The summed E-state index contributed by atoms with van der Waals surface area (Å²) in [6, 6.07) is 3.29. The molecule has 0 aliphatic carbocycles. The van der Waals surface area contributed by atoms with Crippen molar-refractivity contribution in [3.8, 4) is 5.75 Å². The predicted molar refractivity (Wildman–Crippen MR) is 86.7 cm³/mol. The molecule has 0 amide bonds. The third-order valence-electron chi connectivity index (χ3n) is 3.41. The molecule has 0 atom stereocenters. The van der Waals surface area contributed by atoms with Crippen LogP contribution < -0.4 is 0 Å². The quantitative estimate of drug-likeness (QED) is 0.642. The standard InChI is InChI=1S/C18H24O4/c1-6-22-16(21)8-7-15(20)17(11(2)3)18-12(4)9-14(19)10-13(18)5/h9-10,19H,6-8H2,1-5H3. The summed E-state index contributed by atoms with van der Waals surface area (Å²) in [4.78, 5) is 24.0. The second-order valence-electron chi connectivity index (χ2n) is 5.56. The lowest BCUT2D eigenvalue weighted by Crippen LogP contribution is -2.11. The summed E-state index contributed by atoms with van der Waals surface area (Å²) in [5.41, 5.74) is 4.05. The Morgan fingerprint density at radius 2 is 1.64 bits per heavy atom. The van der Waals surface area contributed by atoms with Crippen LogP contribution in [-0.4, -0.2) is 23.5 Å². The molecule has 0 spiro atoms. The van der Waals surface area contributed by atoms with Gasteiger partial charge in [-0.15, -0.1) is 0 Å². The molecule has 0 radical (unpaired) electrons. The maximum Gasteiger partial charge on any atom is 0.306 e. The highest BCUT2D eigenvalue weighted by Crippen LogP contribution is 2.30. The number of Topliss-reactive ketones (excluding diaryl/α,β-unsaturated/α-hetero) is 1. The van der Waals surface area contributed by atoms with Gasteiger partial charge in [-0.25, -0.2) is 0 Å². The Hall–Kier alpha value is -2.10. The van der Waals surface area contributed by atoms with Crippen LogP contribution in [0.15, 0.2) is 17.7 Å². The van der Waals surface area contributed by atoms with Crippen LogP contribution in [0, 0.1) is 13.8 Å². The number of allylic oxidation sites excluding steroid dienone is 2. The van der Waals surface area contributed by atoms with Gasteiger partial charge in [-0.05, 0) is 63.4 Å². The van der Waals surface area contributed by atoms with E-state index in [1.165, 1.54) is 0 Å². The predicted octanol–water partition coefficient (Wildman–Crippen LogP) is 3.71. The van der Waals surface area contributed by atoms with Crippen LogP contribution >= 0.6 is 0 Å². The number of carbonyl (C=O) groups is 2. The Morgan fingerprint density at radius 3 is 2.09 bits per heavy atom. The Labute approximate surface area is 131 Å². The van der Waals surface area contributed by atoms with Crippen LogP contribution in [0.5, 0.6) is 5.75 Å². The number of ketones is 1. The fourth-order valence-corrected chi connectivity index (χ4v) is 2.58. The van der Waals surface area contributed by atoms with Gasteiger partial charge in [-0.3, -0.25) is 9.59 Å². The van der Waals surface area contributed by atoms with Crippen molar-refractivity contribution in [3.05, 3.63) is 34.4 Å². The number of hydrogen-bond acceptors (Lipinski definition) is 4. The zero-order chi connectivity index (χ0) is 16.9. The normalized spacial score (nSPS) is 10.2. The van der Waals surface area contributed by atoms with Crippen LogP contribution in [0.4, 0.5) is 0 Å². The number of ether oxygens (including phenoxy) is 1. The molecule has 4 nitrogen and oxygen atoms in total. The van der Waals surface area contributed by atoms with Gasteiger partial charge in [0.25, 0.3) is 0 Å². The summed E-state index contributed by atoms with van der Waals surface area (Å²) in [5, 5.41) is 9.65. The number of hydrogen-bond donors (Lipinski definition) is 1. The maximum absolute atomic E-state index is 12.6. The van der Waals surface area contributed by atoms with E-state index in [4.69, 9.17) is 4.74 Å². The van der Waals surface area contributed by atoms with Gasteiger partial charge in [-0.1, -0.05) is 5.57 Å². The number of esters is 1. The Morgan fingerprint density at radius 1 is 1.09 bits per heavy atom. The maximum atomic E-state index is 12.6. The van der Waals surface area contributed by atoms with Crippen LogP contribution in [0.3, 0.4) is 0 Å². The average molecular weight is 304 g/mol. The minimum absolute atomic E-state index is 0.0788. The summed E-state index contributed by atoms with van der Waals surface area (Å²) < 4.78 is 4.86. The van der Waals surface area contributed by atoms with E-state index in [0.29, 0.717) is 12.2 Å². The van der Waals surface area contributed by atoms with Gasteiger partial charge in [0.15, 0.2) is 5.78 Å². The van der Waals surface area contributed by atoms with Crippen molar-refractivity contribution in [2.45, 2.75) is 47.5 Å². The number of aromatic hydroxyl groups is 1. The number of phenols is 1. The molecule has 0 aromatic heterocycles. The third-order valence-corrected chi connectivity index (χ3v) is 3.41. The van der Waals surface area contributed by atoms with Gasteiger partial charge in [-0.2, -0.15) is 0 Å². The van der Waals surface area contributed by atoms with E-state index in [-0.39, 0.29) is 30.3 Å². The molecule has 4 heteroatoms. The highest BCUT2D eigenvalue weighted by atomic mass is 16.5. The molecule has 1 N–H and O–H groups in total. The van der Waals surface area contributed by atoms with Crippen LogP contribution in [-0.2, 0) is 14.3 Å². The number of carbonyl (C=O) groups excluding carboxylic acids is 2. The average Bonchev–Trinajstić information content (AvgIpc) is 2.39. The van der Waals surface area contributed by atoms with Crippen molar-refractivity contribution < 1.29 is 19.4 Å². The topological polar surface area (TPSA) is 63.6 Å². The van der Waals surface area contributed by atoms with Crippen molar-refractivity contribution in [1.82, 2.24) is 0 Å². The monoisotopic (exact) mass is 304 g/mol. The lowest BCUT2D eigenvalue weighted by molar-refractivity contribution is -0.144. The molecule has 0 fully saturated rings. The number of aryl methyl sites for hydroxylation is 2. The SMILES string of the molecule is CCOC(=O)CCC(=O)C(=C(C)C)c1c(C)cc(O)cc1C. The van der Waals surface area contributed by atoms with Gasteiger partial charge in [0.05, 0.1) is 13.0 Å². The van der Waals surface area contributed by atoms with Gasteiger partial charge < -0.3 is 9.84 Å². The summed E-state index contributed by atoms with van der Waals surface area (Å²) >= 11 is 0. The minimum atomic E-state index is -0.358. The number of phenolic OH excluding ortho intramolecular Hbond substituents is 1. The van der Waals surface area contributed by atoms with E-state index in [2.05, 4.69) is 0 Å². The second kappa shape index (κ2) is 7.78. The smallest absolute Gasteiger partial charge is 0.306 e. The first-order chi connectivity index (χ1) is 10.3. The first kappa shape index (κ1) is 18.0. The molecule has 120 valence electrons. The van der Waals surface area contributed by atoms with Gasteiger partial charge in [0.1, 0.15) is 5.75 Å². The van der Waals surface area contributed by atoms with Crippen molar-refractivity contribution in [3.63, 3.8) is 0 Å². The molecular weight excluding hydrogens is 280 g/mol. The third kappa shape index (κ3) is 4.45. The minimum Gasteiger partial charge on any atom is -0.508 e. The second-order valence-corrected chi connectivity index (χ2v) is 5.56. The highest BCUT2D eigenvalue weighted by Gasteiger charge is 2.19. The van der Waals surface area contributed by atoms with E-state index in [0.717, 1.165) is 22.3 Å². The summed E-state index contributed by atoms with van der Waals surface area (Å²) in [6.45, 7) is 9.54. The lowest BCUT2D eigenvalue weighted by atomic mass is 9.88. The van der Waals surface area contributed by atoms with Crippen molar-refractivity contribution in [2.75, 3.05) is 6.61 Å². The zero-order valence-corrected chi connectivity index (χ0v) is 13.9. The largest absolute Gasteiger partial charge is 0.508 e. The Kier molecular flexibility index (Phi) is 6.35. The Balaban J connectivity index is 3.09. The van der Waals surface area contributed by atoms with Gasteiger partial charge in [0.2, 0.25) is 0 Å². The van der Waals surface area contributed by atoms with Gasteiger partial charge >= 0.3 is 5.97 Å².